The first-order valence-corrected chi connectivity index (χ1v) is 8.58. The minimum absolute atomic E-state index is 0.186. The lowest BCUT2D eigenvalue weighted by atomic mass is 10.1. The Labute approximate surface area is 126 Å². The number of rotatable bonds is 4. The molecule has 0 bridgehead atoms. The molecule has 0 atom stereocenters. The van der Waals surface area contributed by atoms with Crippen LogP contribution in [0, 0.1) is 0 Å². The van der Waals surface area contributed by atoms with Gasteiger partial charge in [0.25, 0.3) is 0 Å². The molecule has 1 aromatic carbocycles. The van der Waals surface area contributed by atoms with Crippen LogP contribution in [0.4, 0.5) is 16.2 Å². The van der Waals surface area contributed by atoms with Crippen molar-refractivity contribution in [2.45, 2.75) is 33.2 Å². The van der Waals surface area contributed by atoms with E-state index in [0.717, 1.165) is 6.26 Å². The molecule has 0 saturated carbocycles. The first kappa shape index (κ1) is 17.3. The smallest absolute Gasteiger partial charge is 0.320 e. The standard InChI is InChI=1S/C14H23N3O3S/c1-6-17(14(2,3)4)13(18)15-11-7-9-12(10-8-11)16-21(5,19)20/h7-10,16H,6H2,1-5H3,(H,15,18). The molecule has 0 unspecified atom stereocenters. The van der Waals surface area contributed by atoms with Crippen molar-refractivity contribution in [1.29, 1.82) is 0 Å². The number of anilines is 2. The maximum Gasteiger partial charge on any atom is 0.322 e. The minimum Gasteiger partial charge on any atom is -0.320 e. The van der Waals surface area contributed by atoms with Crippen molar-refractivity contribution in [3.8, 4) is 0 Å². The number of carbonyl (C=O) groups is 1. The summed E-state index contributed by atoms with van der Waals surface area (Å²) in [6.07, 6.45) is 1.09. The number of urea groups is 1. The lowest BCUT2D eigenvalue weighted by Gasteiger charge is -2.34. The van der Waals surface area contributed by atoms with Gasteiger partial charge in [-0.25, -0.2) is 13.2 Å². The van der Waals surface area contributed by atoms with Gasteiger partial charge in [-0.1, -0.05) is 0 Å². The first-order chi connectivity index (χ1) is 9.53. The van der Waals surface area contributed by atoms with E-state index in [1.807, 2.05) is 27.7 Å². The molecule has 0 saturated heterocycles. The van der Waals surface area contributed by atoms with Gasteiger partial charge in [-0.2, -0.15) is 0 Å². The number of hydrogen-bond acceptors (Lipinski definition) is 3. The maximum atomic E-state index is 12.2. The van der Waals surface area contributed by atoms with Gasteiger partial charge in [-0.3, -0.25) is 4.72 Å². The van der Waals surface area contributed by atoms with E-state index in [1.54, 1.807) is 29.2 Å². The van der Waals surface area contributed by atoms with E-state index in [9.17, 15) is 13.2 Å². The van der Waals surface area contributed by atoms with Crippen LogP contribution < -0.4 is 10.0 Å². The lowest BCUT2D eigenvalue weighted by Crippen LogP contribution is -2.47. The summed E-state index contributed by atoms with van der Waals surface area (Å²) in [7, 11) is -3.30. The molecule has 0 fully saturated rings. The number of benzene rings is 1. The molecule has 21 heavy (non-hydrogen) atoms. The van der Waals surface area contributed by atoms with Crippen molar-refractivity contribution in [2.24, 2.45) is 0 Å². The summed E-state index contributed by atoms with van der Waals surface area (Å²) < 4.78 is 24.6. The monoisotopic (exact) mass is 313 g/mol. The summed E-state index contributed by atoms with van der Waals surface area (Å²) in [5, 5.41) is 2.80. The van der Waals surface area contributed by atoms with Crippen molar-refractivity contribution in [3.05, 3.63) is 24.3 Å². The van der Waals surface area contributed by atoms with Crippen LogP contribution in [0.2, 0.25) is 0 Å². The fraction of sp³-hybridized carbons (Fsp3) is 0.500. The van der Waals surface area contributed by atoms with E-state index >= 15 is 0 Å². The zero-order chi connectivity index (χ0) is 16.3. The third kappa shape index (κ3) is 5.63. The van der Waals surface area contributed by atoms with Gasteiger partial charge < -0.3 is 10.2 Å². The molecule has 1 rings (SSSR count). The Bertz CT molecular complexity index is 589. The number of carbonyl (C=O) groups excluding carboxylic acids is 1. The van der Waals surface area contributed by atoms with E-state index in [0.29, 0.717) is 17.9 Å². The highest BCUT2D eigenvalue weighted by molar-refractivity contribution is 7.92. The first-order valence-electron chi connectivity index (χ1n) is 6.69. The summed E-state index contributed by atoms with van der Waals surface area (Å²) in [4.78, 5) is 13.9. The van der Waals surface area contributed by atoms with Crippen LogP contribution in [0.5, 0.6) is 0 Å². The summed E-state index contributed by atoms with van der Waals surface area (Å²) in [5.41, 5.74) is 0.803. The van der Waals surface area contributed by atoms with E-state index < -0.39 is 10.0 Å². The SMILES string of the molecule is CCN(C(=O)Nc1ccc(NS(C)(=O)=O)cc1)C(C)(C)C. The van der Waals surface area contributed by atoms with Crippen LogP contribution in [0.1, 0.15) is 27.7 Å². The van der Waals surface area contributed by atoms with Crippen molar-refractivity contribution in [1.82, 2.24) is 4.90 Å². The number of nitrogens with zero attached hydrogens (tertiary/aromatic N) is 1. The second-order valence-electron chi connectivity index (χ2n) is 5.80. The minimum atomic E-state index is -3.30. The fourth-order valence-corrected chi connectivity index (χ4v) is 2.51. The molecular weight excluding hydrogens is 290 g/mol. The van der Waals surface area contributed by atoms with Gasteiger partial charge >= 0.3 is 6.03 Å². The van der Waals surface area contributed by atoms with Gasteiger partial charge in [0.2, 0.25) is 10.0 Å². The molecule has 118 valence electrons. The predicted molar refractivity (Wildman–Crippen MR) is 86.1 cm³/mol. The molecule has 7 heteroatoms. The van der Waals surface area contributed by atoms with Crippen LogP contribution in [0.15, 0.2) is 24.3 Å². The highest BCUT2D eigenvalue weighted by Crippen LogP contribution is 2.18. The Morgan fingerprint density at radius 1 is 1.14 bits per heavy atom. The van der Waals surface area contributed by atoms with Crippen LogP contribution in [-0.2, 0) is 10.0 Å². The molecule has 1 aromatic rings. The van der Waals surface area contributed by atoms with Crippen molar-refractivity contribution < 1.29 is 13.2 Å². The Morgan fingerprint density at radius 3 is 2.00 bits per heavy atom. The Balaban J connectivity index is 2.78. The summed E-state index contributed by atoms with van der Waals surface area (Å²) in [6, 6.07) is 6.33. The Kier molecular flexibility index (Phi) is 5.22. The largest absolute Gasteiger partial charge is 0.322 e. The van der Waals surface area contributed by atoms with E-state index in [1.165, 1.54) is 0 Å². The van der Waals surface area contributed by atoms with Crippen LogP contribution in [0.3, 0.4) is 0 Å². The number of nitrogens with one attached hydrogen (secondary N) is 2. The predicted octanol–water partition coefficient (Wildman–Crippen LogP) is 2.71. The van der Waals surface area contributed by atoms with E-state index in [2.05, 4.69) is 10.0 Å². The third-order valence-corrected chi connectivity index (χ3v) is 3.42. The summed E-state index contributed by atoms with van der Waals surface area (Å²) >= 11 is 0. The molecular formula is C14H23N3O3S. The van der Waals surface area contributed by atoms with E-state index in [-0.39, 0.29) is 11.6 Å². The molecule has 0 heterocycles. The van der Waals surface area contributed by atoms with Gasteiger partial charge in [0.05, 0.1) is 6.26 Å². The second kappa shape index (κ2) is 6.34. The molecule has 0 spiro atoms. The third-order valence-electron chi connectivity index (χ3n) is 2.81. The van der Waals surface area contributed by atoms with Gasteiger partial charge in [0.15, 0.2) is 0 Å². The van der Waals surface area contributed by atoms with Crippen molar-refractivity contribution in [3.63, 3.8) is 0 Å². The highest BCUT2D eigenvalue weighted by atomic mass is 32.2. The maximum absolute atomic E-state index is 12.2. The Morgan fingerprint density at radius 2 is 1.62 bits per heavy atom. The summed E-state index contributed by atoms with van der Waals surface area (Å²) in [5.74, 6) is 0. The van der Waals surface area contributed by atoms with Gasteiger partial charge in [0, 0.05) is 23.5 Å². The topological polar surface area (TPSA) is 78.5 Å². The van der Waals surface area contributed by atoms with Gasteiger partial charge in [-0.15, -0.1) is 0 Å². The Hall–Kier alpha value is -1.76. The average Bonchev–Trinajstić information content (AvgIpc) is 2.28. The highest BCUT2D eigenvalue weighted by Gasteiger charge is 2.24. The van der Waals surface area contributed by atoms with Crippen molar-refractivity contribution >= 4 is 27.4 Å². The van der Waals surface area contributed by atoms with Crippen LogP contribution >= 0.6 is 0 Å². The molecule has 0 aromatic heterocycles. The number of amides is 2. The van der Waals surface area contributed by atoms with Crippen LogP contribution in [-0.4, -0.2) is 37.7 Å². The molecule has 0 aliphatic heterocycles. The quantitative estimate of drug-likeness (QED) is 0.897. The van der Waals surface area contributed by atoms with Gasteiger partial charge in [0.1, 0.15) is 0 Å². The molecule has 2 N–H and O–H groups in total. The molecule has 0 radical (unpaired) electrons. The molecule has 0 aliphatic carbocycles. The zero-order valence-corrected chi connectivity index (χ0v) is 13.9. The lowest BCUT2D eigenvalue weighted by molar-refractivity contribution is 0.162. The fourth-order valence-electron chi connectivity index (χ4n) is 1.95. The van der Waals surface area contributed by atoms with E-state index in [4.69, 9.17) is 0 Å². The molecule has 0 aliphatic rings. The molecule has 6 nitrogen and oxygen atoms in total. The normalized spacial score (nSPS) is 11.9. The zero-order valence-electron chi connectivity index (χ0n) is 13.1. The number of hydrogen-bond donors (Lipinski definition) is 2. The van der Waals surface area contributed by atoms with Crippen LogP contribution in [0.25, 0.3) is 0 Å². The summed E-state index contributed by atoms with van der Waals surface area (Å²) in [6.45, 7) is 8.42. The van der Waals surface area contributed by atoms with Crippen molar-refractivity contribution in [2.75, 3.05) is 22.8 Å². The second-order valence-corrected chi connectivity index (χ2v) is 7.55. The average molecular weight is 313 g/mol. The number of sulfonamides is 1. The van der Waals surface area contributed by atoms with Gasteiger partial charge in [-0.05, 0) is 52.0 Å². The molecule has 2 amide bonds.